The molecule has 0 unspecified atom stereocenters. The maximum absolute atomic E-state index is 9.86. The molecule has 0 aliphatic heterocycles. The maximum Gasteiger partial charge on any atom is 0.222 e. The third kappa shape index (κ3) is 4.33. The highest BCUT2D eigenvalue weighted by Gasteiger charge is 2.18. The third-order valence-electron chi connectivity index (χ3n) is 2.48. The summed E-state index contributed by atoms with van der Waals surface area (Å²) in [7, 11) is 0. The molecule has 0 aliphatic rings. The Labute approximate surface area is 120 Å². The molecule has 1 aromatic carbocycles. The molecule has 2 N–H and O–H groups in total. The van der Waals surface area contributed by atoms with Crippen molar-refractivity contribution in [2.75, 3.05) is 5.32 Å². The van der Waals surface area contributed by atoms with Gasteiger partial charge in [0.05, 0.1) is 12.1 Å². The minimum atomic E-state index is -0.837. The third-order valence-corrected chi connectivity index (χ3v) is 2.81. The molecular weight excluding hydrogens is 308 g/mol. The Bertz CT molecular complexity index is 533. The number of nitrogens with zero attached hydrogens (tertiary/aromatic N) is 3. The number of hydrogen-bond donors (Lipinski definition) is 2. The Morgan fingerprint density at radius 3 is 2.63 bits per heavy atom. The lowest BCUT2D eigenvalue weighted by atomic mass is 10.1. The van der Waals surface area contributed by atoms with E-state index in [2.05, 4.69) is 31.3 Å². The van der Waals surface area contributed by atoms with E-state index in [1.54, 1.807) is 18.5 Å². The molecule has 0 saturated heterocycles. The molecule has 0 spiro atoms. The van der Waals surface area contributed by atoms with Crippen LogP contribution in [0, 0.1) is 0 Å². The van der Waals surface area contributed by atoms with E-state index < -0.39 is 5.60 Å². The molecule has 0 aliphatic carbocycles. The molecule has 0 amide bonds. The molecule has 0 radical (unpaired) electrons. The van der Waals surface area contributed by atoms with Gasteiger partial charge in [0.15, 0.2) is 0 Å². The predicted molar refractivity (Wildman–Crippen MR) is 77.8 cm³/mol. The number of nitrogens with one attached hydrogen (secondary N) is 1. The van der Waals surface area contributed by atoms with E-state index >= 15 is 0 Å². The fraction of sp³-hybridized carbons (Fsp3) is 0.385. The van der Waals surface area contributed by atoms with E-state index in [4.69, 9.17) is 0 Å². The highest BCUT2D eigenvalue weighted by Crippen LogP contribution is 2.15. The summed E-state index contributed by atoms with van der Waals surface area (Å²) in [6.45, 7) is 4.52. The average molecular weight is 325 g/mol. The average Bonchev–Trinajstić information content (AvgIpc) is 2.66. The molecule has 0 saturated carbocycles. The monoisotopic (exact) mass is 324 g/mol. The van der Waals surface area contributed by atoms with E-state index in [0.717, 1.165) is 5.56 Å². The van der Waals surface area contributed by atoms with Gasteiger partial charge in [0, 0.05) is 6.54 Å². The number of rotatable bonds is 5. The fourth-order valence-corrected chi connectivity index (χ4v) is 2.06. The summed E-state index contributed by atoms with van der Waals surface area (Å²) < 4.78 is 2.17. The largest absolute Gasteiger partial charge is 0.389 e. The molecule has 1 aromatic heterocycles. The molecule has 2 rings (SSSR count). The standard InChI is InChI=1S/C13H17BrN4O/c1-13(2,19)9-18-12(16-11(14)17-18)15-8-10-6-4-3-5-7-10/h3-7,19H,8-9H2,1-2H3,(H,15,16,17). The molecular formula is C13H17BrN4O. The van der Waals surface area contributed by atoms with Gasteiger partial charge in [-0.25, -0.2) is 4.68 Å². The van der Waals surface area contributed by atoms with Gasteiger partial charge in [-0.05, 0) is 35.3 Å². The van der Waals surface area contributed by atoms with E-state index in [1.807, 2.05) is 30.3 Å². The summed E-state index contributed by atoms with van der Waals surface area (Å²) in [6.07, 6.45) is 0. The normalized spacial score (nSPS) is 11.6. The smallest absolute Gasteiger partial charge is 0.222 e. The van der Waals surface area contributed by atoms with Gasteiger partial charge in [-0.1, -0.05) is 30.3 Å². The Hall–Kier alpha value is -1.40. The first-order valence-corrected chi connectivity index (χ1v) is 6.84. The van der Waals surface area contributed by atoms with E-state index in [1.165, 1.54) is 0 Å². The van der Waals surface area contributed by atoms with Crippen molar-refractivity contribution in [2.24, 2.45) is 0 Å². The van der Waals surface area contributed by atoms with Gasteiger partial charge in [-0.3, -0.25) is 0 Å². The molecule has 102 valence electrons. The van der Waals surface area contributed by atoms with Crippen LogP contribution in [-0.4, -0.2) is 25.5 Å². The second-order valence-electron chi connectivity index (χ2n) is 5.01. The van der Waals surface area contributed by atoms with Crippen LogP contribution < -0.4 is 5.32 Å². The Kier molecular flexibility index (Phi) is 4.21. The lowest BCUT2D eigenvalue weighted by Gasteiger charge is -2.18. The molecule has 0 bridgehead atoms. The zero-order valence-electron chi connectivity index (χ0n) is 11.0. The van der Waals surface area contributed by atoms with Gasteiger partial charge < -0.3 is 10.4 Å². The Balaban J connectivity index is 2.08. The lowest BCUT2D eigenvalue weighted by molar-refractivity contribution is 0.0582. The van der Waals surface area contributed by atoms with E-state index in [-0.39, 0.29) is 0 Å². The first kappa shape index (κ1) is 14.0. The Morgan fingerprint density at radius 1 is 1.32 bits per heavy atom. The summed E-state index contributed by atoms with van der Waals surface area (Å²) in [5, 5.41) is 17.3. The van der Waals surface area contributed by atoms with E-state index in [9.17, 15) is 5.11 Å². The maximum atomic E-state index is 9.86. The zero-order valence-corrected chi connectivity index (χ0v) is 12.6. The molecule has 0 atom stereocenters. The van der Waals surface area contributed by atoms with Crippen LogP contribution in [0.25, 0.3) is 0 Å². The van der Waals surface area contributed by atoms with Gasteiger partial charge in [0.2, 0.25) is 10.7 Å². The first-order valence-electron chi connectivity index (χ1n) is 6.04. The predicted octanol–water partition coefficient (Wildman–Crippen LogP) is 2.42. The van der Waals surface area contributed by atoms with Gasteiger partial charge >= 0.3 is 0 Å². The van der Waals surface area contributed by atoms with Crippen LogP contribution in [0.5, 0.6) is 0 Å². The number of halogens is 1. The van der Waals surface area contributed by atoms with Crippen molar-refractivity contribution in [3.63, 3.8) is 0 Å². The quantitative estimate of drug-likeness (QED) is 0.886. The van der Waals surface area contributed by atoms with Crippen LogP contribution in [-0.2, 0) is 13.1 Å². The van der Waals surface area contributed by atoms with E-state index in [0.29, 0.717) is 23.8 Å². The first-order chi connectivity index (χ1) is 8.94. The summed E-state index contributed by atoms with van der Waals surface area (Å²) in [5.41, 5.74) is 0.326. The molecule has 19 heavy (non-hydrogen) atoms. The van der Waals surface area contributed by atoms with Crippen LogP contribution in [0.3, 0.4) is 0 Å². The van der Waals surface area contributed by atoms with Gasteiger partial charge in [-0.15, -0.1) is 5.10 Å². The molecule has 2 aromatic rings. The summed E-state index contributed by atoms with van der Waals surface area (Å²) in [6, 6.07) is 10.1. The number of benzene rings is 1. The number of hydrogen-bond acceptors (Lipinski definition) is 4. The fourth-order valence-electron chi connectivity index (χ4n) is 1.70. The topological polar surface area (TPSA) is 63.0 Å². The Morgan fingerprint density at radius 2 is 2.00 bits per heavy atom. The molecule has 1 heterocycles. The van der Waals surface area contributed by atoms with Crippen molar-refractivity contribution in [2.45, 2.75) is 32.5 Å². The van der Waals surface area contributed by atoms with Gasteiger partial charge in [-0.2, -0.15) is 4.98 Å². The van der Waals surface area contributed by atoms with Crippen LogP contribution in [0.2, 0.25) is 0 Å². The van der Waals surface area contributed by atoms with Crippen molar-refractivity contribution in [1.82, 2.24) is 14.8 Å². The van der Waals surface area contributed by atoms with Crippen LogP contribution in [0.4, 0.5) is 5.95 Å². The summed E-state index contributed by atoms with van der Waals surface area (Å²) >= 11 is 3.25. The summed E-state index contributed by atoms with van der Waals surface area (Å²) in [4.78, 5) is 4.26. The number of aliphatic hydroxyl groups is 1. The second kappa shape index (κ2) is 5.71. The van der Waals surface area contributed by atoms with Crippen LogP contribution in [0.15, 0.2) is 35.1 Å². The van der Waals surface area contributed by atoms with Crippen molar-refractivity contribution < 1.29 is 5.11 Å². The highest BCUT2D eigenvalue weighted by molar-refractivity contribution is 9.10. The number of anilines is 1. The minimum Gasteiger partial charge on any atom is -0.389 e. The summed E-state index contributed by atoms with van der Waals surface area (Å²) in [5.74, 6) is 0.637. The number of aromatic nitrogens is 3. The van der Waals surface area contributed by atoms with Crippen LogP contribution in [0.1, 0.15) is 19.4 Å². The van der Waals surface area contributed by atoms with Crippen LogP contribution >= 0.6 is 15.9 Å². The molecule has 6 heteroatoms. The molecule has 5 nitrogen and oxygen atoms in total. The molecule has 0 fully saturated rings. The SMILES string of the molecule is CC(C)(O)Cn1nc(Br)nc1NCc1ccccc1. The van der Waals surface area contributed by atoms with Crippen molar-refractivity contribution in [3.8, 4) is 0 Å². The lowest BCUT2D eigenvalue weighted by Crippen LogP contribution is -2.27. The zero-order chi connectivity index (χ0) is 13.9. The highest BCUT2D eigenvalue weighted by atomic mass is 79.9. The minimum absolute atomic E-state index is 0.378. The van der Waals surface area contributed by atoms with Crippen molar-refractivity contribution >= 4 is 21.9 Å². The van der Waals surface area contributed by atoms with Crippen molar-refractivity contribution in [1.29, 1.82) is 0 Å². The van der Waals surface area contributed by atoms with Gasteiger partial charge in [0.1, 0.15) is 0 Å². The van der Waals surface area contributed by atoms with Gasteiger partial charge in [0.25, 0.3) is 0 Å². The second-order valence-corrected chi connectivity index (χ2v) is 5.72. The van der Waals surface area contributed by atoms with Crippen molar-refractivity contribution in [3.05, 3.63) is 40.6 Å².